The van der Waals surface area contributed by atoms with Crippen LogP contribution in [0.2, 0.25) is 5.02 Å². The van der Waals surface area contributed by atoms with Gasteiger partial charge in [0.05, 0.1) is 11.4 Å². The third-order valence-electron chi connectivity index (χ3n) is 6.09. The molecule has 0 fully saturated rings. The number of hydrogen-bond donors (Lipinski definition) is 1. The first kappa shape index (κ1) is 29.4. The van der Waals surface area contributed by atoms with Gasteiger partial charge in [0.25, 0.3) is 0 Å². The maximum absolute atomic E-state index is 13.8. The molecule has 0 aliphatic heterocycles. The molecule has 1 atom stereocenters. The molecule has 0 bridgehead atoms. The van der Waals surface area contributed by atoms with E-state index in [1.807, 2.05) is 51.1 Å². The molecule has 1 N–H and O–H groups in total. The highest BCUT2D eigenvalue weighted by molar-refractivity contribution is 7.89. The second kappa shape index (κ2) is 13.0. The first-order chi connectivity index (χ1) is 18.0. The van der Waals surface area contributed by atoms with Gasteiger partial charge in [0.1, 0.15) is 6.04 Å². The molecule has 1 unspecified atom stereocenters. The summed E-state index contributed by atoms with van der Waals surface area (Å²) >= 11 is 6.43. The van der Waals surface area contributed by atoms with Crippen LogP contribution < -0.4 is 5.32 Å². The molecule has 0 heterocycles. The average Bonchev–Trinajstić information content (AvgIpc) is 2.87. The molecule has 9 heteroatoms. The van der Waals surface area contributed by atoms with E-state index in [0.717, 1.165) is 15.4 Å². The number of amides is 2. The third kappa shape index (κ3) is 7.66. The summed E-state index contributed by atoms with van der Waals surface area (Å²) in [6.45, 7) is 5.16. The van der Waals surface area contributed by atoms with Crippen molar-refractivity contribution in [3.05, 3.63) is 101 Å². The fraction of sp³-hybridized carbons (Fsp3) is 0.310. The van der Waals surface area contributed by atoms with Gasteiger partial charge in [-0.3, -0.25) is 9.59 Å². The number of nitrogens with zero attached hydrogens (tertiary/aromatic N) is 2. The molecule has 2 amide bonds. The molecule has 0 aliphatic carbocycles. The summed E-state index contributed by atoms with van der Waals surface area (Å²) < 4.78 is 27.4. The van der Waals surface area contributed by atoms with Crippen LogP contribution >= 0.6 is 11.6 Å². The van der Waals surface area contributed by atoms with Crippen molar-refractivity contribution in [3.63, 3.8) is 0 Å². The zero-order chi connectivity index (χ0) is 27.9. The Labute approximate surface area is 230 Å². The van der Waals surface area contributed by atoms with E-state index in [0.29, 0.717) is 10.6 Å². The summed E-state index contributed by atoms with van der Waals surface area (Å²) in [7, 11) is -2.57. The first-order valence-corrected chi connectivity index (χ1v) is 14.2. The second-order valence-corrected chi connectivity index (χ2v) is 12.0. The molecule has 0 spiro atoms. The predicted molar refractivity (Wildman–Crippen MR) is 150 cm³/mol. The fourth-order valence-electron chi connectivity index (χ4n) is 4.00. The zero-order valence-electron chi connectivity index (χ0n) is 22.1. The van der Waals surface area contributed by atoms with E-state index in [-0.39, 0.29) is 29.8 Å². The van der Waals surface area contributed by atoms with Crippen LogP contribution in [0.1, 0.15) is 30.5 Å². The summed E-state index contributed by atoms with van der Waals surface area (Å²) in [5, 5.41) is 3.37. The van der Waals surface area contributed by atoms with E-state index >= 15 is 0 Å². The van der Waals surface area contributed by atoms with Crippen molar-refractivity contribution in [2.75, 3.05) is 13.6 Å². The van der Waals surface area contributed by atoms with Gasteiger partial charge in [-0.2, -0.15) is 4.31 Å². The highest BCUT2D eigenvalue weighted by atomic mass is 35.5. The molecule has 3 rings (SSSR count). The molecular weight excluding hydrogens is 522 g/mol. The molecule has 0 aliphatic rings. The minimum Gasteiger partial charge on any atom is -0.352 e. The SMILES string of the molecule is Cc1ccc(S(=O)(=O)N(C)CC(=O)N(Cc2ccccc2Cl)C(Cc2ccccc2)C(=O)NC(C)C)cc1. The van der Waals surface area contributed by atoms with Crippen molar-refractivity contribution >= 4 is 33.4 Å². The van der Waals surface area contributed by atoms with E-state index in [1.165, 1.54) is 24.1 Å². The average molecular weight is 556 g/mol. The molecule has 0 radical (unpaired) electrons. The van der Waals surface area contributed by atoms with Crippen LogP contribution in [0, 0.1) is 6.92 Å². The molecular formula is C29H34ClN3O4S. The Balaban J connectivity index is 1.98. The lowest BCUT2D eigenvalue weighted by Crippen LogP contribution is -2.54. The standard InChI is InChI=1S/C29H34ClN3O4S/c1-21(2)31-29(35)27(18-23-10-6-5-7-11-23)33(19-24-12-8-9-13-26(24)30)28(34)20-32(4)38(36,37)25-16-14-22(3)15-17-25/h5-17,21,27H,18-20H2,1-4H3,(H,31,35). The largest absolute Gasteiger partial charge is 0.352 e. The third-order valence-corrected chi connectivity index (χ3v) is 8.27. The van der Waals surface area contributed by atoms with Gasteiger partial charge in [0, 0.05) is 31.1 Å². The van der Waals surface area contributed by atoms with Gasteiger partial charge in [0.2, 0.25) is 21.8 Å². The Morgan fingerprint density at radius 3 is 2.13 bits per heavy atom. The molecule has 3 aromatic rings. The summed E-state index contributed by atoms with van der Waals surface area (Å²) in [4.78, 5) is 28.8. The number of hydrogen-bond acceptors (Lipinski definition) is 4. The van der Waals surface area contributed by atoms with Crippen LogP contribution in [0.4, 0.5) is 0 Å². The number of sulfonamides is 1. The maximum Gasteiger partial charge on any atom is 0.243 e. The van der Waals surface area contributed by atoms with Crippen LogP contribution in [0.3, 0.4) is 0 Å². The van der Waals surface area contributed by atoms with Crippen LogP contribution in [-0.4, -0.2) is 55.1 Å². The Kier molecular flexibility index (Phi) is 10.1. The van der Waals surface area contributed by atoms with Gasteiger partial charge in [0.15, 0.2) is 0 Å². The monoisotopic (exact) mass is 555 g/mol. The van der Waals surface area contributed by atoms with Gasteiger partial charge in [-0.25, -0.2) is 8.42 Å². The lowest BCUT2D eigenvalue weighted by atomic mass is 10.0. The Morgan fingerprint density at radius 1 is 0.921 bits per heavy atom. The van der Waals surface area contributed by atoms with Gasteiger partial charge in [-0.1, -0.05) is 77.8 Å². The first-order valence-electron chi connectivity index (χ1n) is 12.4. The van der Waals surface area contributed by atoms with Crippen molar-refractivity contribution < 1.29 is 18.0 Å². The van der Waals surface area contributed by atoms with E-state index in [4.69, 9.17) is 11.6 Å². The number of halogens is 1. The summed E-state index contributed by atoms with van der Waals surface area (Å²) in [6, 6.07) is 21.9. The molecule has 0 saturated carbocycles. The molecule has 202 valence electrons. The van der Waals surface area contributed by atoms with Crippen molar-refractivity contribution in [1.82, 2.24) is 14.5 Å². The lowest BCUT2D eigenvalue weighted by molar-refractivity contribution is -0.141. The maximum atomic E-state index is 13.8. The summed E-state index contributed by atoms with van der Waals surface area (Å²) in [5.74, 6) is -0.837. The quantitative estimate of drug-likeness (QED) is 0.379. The Bertz CT molecular complexity index is 1350. The molecule has 0 saturated heterocycles. The molecule has 0 aromatic heterocycles. The van der Waals surface area contributed by atoms with Crippen LogP contribution in [0.25, 0.3) is 0 Å². The highest BCUT2D eigenvalue weighted by Crippen LogP contribution is 2.22. The van der Waals surface area contributed by atoms with E-state index < -0.39 is 28.5 Å². The highest BCUT2D eigenvalue weighted by Gasteiger charge is 2.33. The molecule has 3 aromatic carbocycles. The van der Waals surface area contributed by atoms with Crippen molar-refractivity contribution in [1.29, 1.82) is 0 Å². The number of rotatable bonds is 11. The summed E-state index contributed by atoms with van der Waals surface area (Å²) in [6.07, 6.45) is 0.254. The number of carbonyl (C=O) groups is 2. The summed E-state index contributed by atoms with van der Waals surface area (Å²) in [5.41, 5.74) is 2.45. The van der Waals surface area contributed by atoms with E-state index in [9.17, 15) is 18.0 Å². The van der Waals surface area contributed by atoms with Gasteiger partial charge >= 0.3 is 0 Å². The normalized spacial score (nSPS) is 12.4. The number of carbonyl (C=O) groups excluding carboxylic acids is 2. The number of aryl methyl sites for hydroxylation is 1. The number of benzene rings is 3. The second-order valence-electron chi connectivity index (χ2n) is 9.56. The number of likely N-dealkylation sites (N-methyl/N-ethyl adjacent to an activating group) is 1. The Hall–Kier alpha value is -3.20. The minimum absolute atomic E-state index is 0.0416. The van der Waals surface area contributed by atoms with Crippen molar-refractivity contribution in [3.8, 4) is 0 Å². The van der Waals surface area contributed by atoms with Crippen LogP contribution in [0.5, 0.6) is 0 Å². The van der Waals surface area contributed by atoms with Gasteiger partial charge in [-0.15, -0.1) is 0 Å². The van der Waals surface area contributed by atoms with E-state index in [2.05, 4.69) is 5.32 Å². The zero-order valence-corrected chi connectivity index (χ0v) is 23.7. The van der Waals surface area contributed by atoms with Crippen molar-refractivity contribution in [2.24, 2.45) is 0 Å². The molecule has 38 heavy (non-hydrogen) atoms. The topological polar surface area (TPSA) is 86.8 Å². The minimum atomic E-state index is -3.93. The van der Waals surface area contributed by atoms with Crippen LogP contribution in [0.15, 0.2) is 83.8 Å². The lowest BCUT2D eigenvalue weighted by Gasteiger charge is -2.33. The van der Waals surface area contributed by atoms with Crippen LogP contribution in [-0.2, 0) is 32.6 Å². The van der Waals surface area contributed by atoms with Crippen molar-refractivity contribution in [2.45, 2.75) is 50.7 Å². The molecule has 7 nitrogen and oxygen atoms in total. The number of nitrogens with one attached hydrogen (secondary N) is 1. The van der Waals surface area contributed by atoms with E-state index in [1.54, 1.807) is 36.4 Å². The smallest absolute Gasteiger partial charge is 0.243 e. The Morgan fingerprint density at radius 2 is 1.53 bits per heavy atom. The van der Waals surface area contributed by atoms with Gasteiger partial charge in [-0.05, 0) is 50.1 Å². The predicted octanol–water partition coefficient (Wildman–Crippen LogP) is 4.43. The van der Waals surface area contributed by atoms with Gasteiger partial charge < -0.3 is 10.2 Å². The fourth-order valence-corrected chi connectivity index (χ4v) is 5.32.